The van der Waals surface area contributed by atoms with Gasteiger partial charge in [-0.1, -0.05) is 11.8 Å². The Morgan fingerprint density at radius 3 is 2.60 bits per heavy atom. The van der Waals surface area contributed by atoms with Gasteiger partial charge >= 0.3 is 12.1 Å². The van der Waals surface area contributed by atoms with E-state index in [4.69, 9.17) is 9.47 Å². The van der Waals surface area contributed by atoms with E-state index in [1.807, 2.05) is 0 Å². The van der Waals surface area contributed by atoms with Gasteiger partial charge in [-0.3, -0.25) is 19.6 Å². The van der Waals surface area contributed by atoms with Gasteiger partial charge in [-0.25, -0.2) is 9.59 Å². The number of carbonyl (C=O) groups is 3. The number of carbonyl (C=O) groups excluding carboxylic acids is 3. The maximum absolute atomic E-state index is 12.8. The van der Waals surface area contributed by atoms with E-state index in [1.165, 1.54) is 28.6 Å². The molecule has 1 saturated heterocycles. The van der Waals surface area contributed by atoms with Gasteiger partial charge in [0.2, 0.25) is 11.5 Å². The first-order chi connectivity index (χ1) is 13.7. The molecule has 2 atom stereocenters. The van der Waals surface area contributed by atoms with Gasteiger partial charge < -0.3 is 9.47 Å². The van der Waals surface area contributed by atoms with Crippen molar-refractivity contribution in [3.05, 3.63) is 36.3 Å². The van der Waals surface area contributed by atoms with Crippen LogP contribution in [-0.2, 0) is 19.1 Å². The van der Waals surface area contributed by atoms with E-state index in [0.29, 0.717) is 12.2 Å². The zero-order chi connectivity index (χ0) is 21.2. The minimum Gasteiger partial charge on any atom is -0.444 e. The summed E-state index contributed by atoms with van der Waals surface area (Å²) in [6.45, 7) is 5.28. The Morgan fingerprint density at radius 2 is 2.00 bits per heavy atom. The third kappa shape index (κ3) is 6.03. The van der Waals surface area contributed by atoms with E-state index in [9.17, 15) is 14.4 Å². The number of β-lactam (4-membered cyclic amide) rings is 1. The quantitative estimate of drug-likeness (QED) is 0.176. The number of amides is 2. The predicted octanol–water partition coefficient (Wildman–Crippen LogP) is 3.67. The van der Waals surface area contributed by atoms with Gasteiger partial charge in [0, 0.05) is 30.1 Å². The van der Waals surface area contributed by atoms with Crippen molar-refractivity contribution in [1.29, 1.82) is 0 Å². The Kier molecular flexibility index (Phi) is 8.45. The van der Waals surface area contributed by atoms with Crippen LogP contribution in [0.25, 0.3) is 0 Å². The normalized spacial score (nSPS) is 18.8. The molecule has 1 fully saturated rings. The van der Waals surface area contributed by atoms with Crippen LogP contribution in [0.4, 0.5) is 4.79 Å². The number of rotatable bonds is 5. The van der Waals surface area contributed by atoms with Crippen molar-refractivity contribution in [2.24, 2.45) is 0 Å². The van der Waals surface area contributed by atoms with Crippen LogP contribution in [0.5, 0.6) is 0 Å². The topological polar surface area (TPSA) is 89.0 Å². The van der Waals surface area contributed by atoms with E-state index in [1.54, 1.807) is 63.1 Å². The highest BCUT2D eigenvalue weighted by atomic mass is 127. The SMILES string of the molecule is CN(C(=O)OC(C)(C)C)C(OC(=O)C1=CCS[C@H]2CC(=O)N12)Sc1ccncc1.I. The molecule has 0 aromatic carbocycles. The number of hydrogen-bond acceptors (Lipinski definition) is 8. The van der Waals surface area contributed by atoms with Crippen LogP contribution in [0.15, 0.2) is 41.2 Å². The van der Waals surface area contributed by atoms with Gasteiger partial charge in [-0.2, -0.15) is 0 Å². The fraction of sp³-hybridized carbons (Fsp3) is 0.474. The molecule has 30 heavy (non-hydrogen) atoms. The van der Waals surface area contributed by atoms with Crippen LogP contribution in [0.2, 0.25) is 0 Å². The number of thioether (sulfide) groups is 2. The zero-order valence-electron chi connectivity index (χ0n) is 17.1. The molecule has 8 nitrogen and oxygen atoms in total. The standard InChI is InChI=1S/C19H23N3O5S2.HI/c1-19(2,3)27-17(25)21(4)18(29-12-5-8-20-9-6-12)26-16(24)13-7-10-28-15-11-14(23)22(13)15;/h5-9,15,18H,10-11H2,1-4H3;1H/t15-,18?;/m0./s1. The molecule has 0 radical (unpaired) electrons. The minimum absolute atomic E-state index is 0. The molecule has 1 aromatic heterocycles. The van der Waals surface area contributed by atoms with Crippen molar-refractivity contribution in [3.8, 4) is 0 Å². The molecular formula is C19H24IN3O5S2. The molecule has 3 heterocycles. The Morgan fingerprint density at radius 1 is 1.33 bits per heavy atom. The average Bonchev–Trinajstić information content (AvgIpc) is 2.65. The molecule has 164 valence electrons. The first kappa shape index (κ1) is 24.8. The van der Waals surface area contributed by atoms with Gasteiger partial charge in [-0.05, 0) is 39.0 Å². The second-order valence-corrected chi connectivity index (χ2v) is 9.77. The largest absolute Gasteiger partial charge is 0.444 e. The fourth-order valence-electron chi connectivity index (χ4n) is 2.62. The number of nitrogens with zero attached hydrogens (tertiary/aromatic N) is 3. The fourth-order valence-corrected chi connectivity index (χ4v) is 4.62. The molecule has 1 aromatic rings. The third-order valence-electron chi connectivity index (χ3n) is 4.03. The van der Waals surface area contributed by atoms with Gasteiger partial charge in [0.25, 0.3) is 0 Å². The molecule has 0 aliphatic carbocycles. The summed E-state index contributed by atoms with van der Waals surface area (Å²) in [5.41, 5.74) is -1.45. The highest BCUT2D eigenvalue weighted by molar-refractivity contribution is 14.0. The van der Waals surface area contributed by atoms with E-state index >= 15 is 0 Å². The minimum atomic E-state index is -0.981. The van der Waals surface area contributed by atoms with Gasteiger partial charge in [0.05, 0.1) is 11.8 Å². The maximum Gasteiger partial charge on any atom is 0.413 e. The van der Waals surface area contributed by atoms with Crippen molar-refractivity contribution in [2.45, 2.75) is 48.6 Å². The summed E-state index contributed by atoms with van der Waals surface area (Å²) < 4.78 is 11.0. The van der Waals surface area contributed by atoms with E-state index in [0.717, 1.165) is 4.90 Å². The van der Waals surface area contributed by atoms with Gasteiger partial charge in [-0.15, -0.1) is 35.7 Å². The smallest absolute Gasteiger partial charge is 0.413 e. The molecule has 11 heteroatoms. The van der Waals surface area contributed by atoms with Crippen molar-refractivity contribution in [2.75, 3.05) is 12.8 Å². The third-order valence-corrected chi connectivity index (χ3v) is 6.31. The summed E-state index contributed by atoms with van der Waals surface area (Å²) >= 11 is 2.77. The number of ether oxygens (including phenoxy) is 2. The molecule has 2 amide bonds. The summed E-state index contributed by atoms with van der Waals surface area (Å²) in [5.74, 6) is -0.127. The van der Waals surface area contributed by atoms with Crippen LogP contribution >= 0.6 is 47.5 Å². The summed E-state index contributed by atoms with van der Waals surface area (Å²) in [4.78, 5) is 44.7. The summed E-state index contributed by atoms with van der Waals surface area (Å²) in [7, 11) is 1.50. The van der Waals surface area contributed by atoms with Crippen LogP contribution in [0, 0.1) is 0 Å². The second kappa shape index (κ2) is 10.2. The Labute approximate surface area is 201 Å². The van der Waals surface area contributed by atoms with Crippen LogP contribution in [0.1, 0.15) is 27.2 Å². The van der Waals surface area contributed by atoms with E-state index < -0.39 is 23.2 Å². The van der Waals surface area contributed by atoms with Crippen LogP contribution < -0.4 is 0 Å². The number of esters is 1. The lowest BCUT2D eigenvalue weighted by Crippen LogP contribution is -2.53. The number of fused-ring (bicyclic) bond motifs is 1. The first-order valence-corrected chi connectivity index (χ1v) is 11.0. The number of hydrogen-bond donors (Lipinski definition) is 0. The van der Waals surface area contributed by atoms with Gasteiger partial charge in [0.1, 0.15) is 11.3 Å². The lowest BCUT2D eigenvalue weighted by molar-refractivity contribution is -0.153. The van der Waals surface area contributed by atoms with Gasteiger partial charge in [0.15, 0.2) is 0 Å². The lowest BCUT2D eigenvalue weighted by Gasteiger charge is -2.42. The number of aromatic nitrogens is 1. The summed E-state index contributed by atoms with van der Waals surface area (Å²) in [6.07, 6.45) is 4.70. The molecule has 0 N–H and O–H groups in total. The van der Waals surface area contributed by atoms with E-state index in [2.05, 4.69) is 4.98 Å². The van der Waals surface area contributed by atoms with E-state index in [-0.39, 0.29) is 41.0 Å². The average molecular weight is 565 g/mol. The van der Waals surface area contributed by atoms with Crippen LogP contribution in [0.3, 0.4) is 0 Å². The maximum atomic E-state index is 12.8. The zero-order valence-corrected chi connectivity index (χ0v) is 21.0. The first-order valence-electron chi connectivity index (χ1n) is 9.03. The predicted molar refractivity (Wildman–Crippen MR) is 125 cm³/mol. The molecule has 2 aliphatic rings. The number of pyridine rings is 1. The monoisotopic (exact) mass is 565 g/mol. The lowest BCUT2D eigenvalue weighted by atomic mass is 10.1. The molecule has 0 saturated carbocycles. The molecule has 0 bridgehead atoms. The molecular weight excluding hydrogens is 541 g/mol. The Hall–Kier alpha value is -1.47. The summed E-state index contributed by atoms with van der Waals surface area (Å²) in [5, 5.41) is -0.0232. The summed E-state index contributed by atoms with van der Waals surface area (Å²) in [6, 6.07) is 3.50. The van der Waals surface area contributed by atoms with Crippen molar-refractivity contribution >= 4 is 65.5 Å². The Balaban J connectivity index is 0.00000320. The van der Waals surface area contributed by atoms with Crippen molar-refractivity contribution in [1.82, 2.24) is 14.8 Å². The Bertz CT molecular complexity index is 831. The molecule has 2 aliphatic heterocycles. The van der Waals surface area contributed by atoms with Crippen molar-refractivity contribution < 1.29 is 23.9 Å². The molecule has 1 unspecified atom stereocenters. The van der Waals surface area contributed by atoms with Crippen LogP contribution in [-0.4, -0.2) is 62.1 Å². The second-order valence-electron chi connectivity index (χ2n) is 7.45. The van der Waals surface area contributed by atoms with Crippen molar-refractivity contribution in [3.63, 3.8) is 0 Å². The molecule has 3 rings (SSSR count). The highest BCUT2D eigenvalue weighted by Gasteiger charge is 2.44. The number of halogens is 1. The molecule has 0 spiro atoms. The highest BCUT2D eigenvalue weighted by Crippen LogP contribution is 2.38.